The maximum atomic E-state index is 13.4. The van der Waals surface area contributed by atoms with Crippen molar-refractivity contribution >= 4 is 34.2 Å². The van der Waals surface area contributed by atoms with E-state index >= 15 is 0 Å². The molecule has 5 heterocycles. The summed E-state index contributed by atoms with van der Waals surface area (Å²) in [6.07, 6.45) is 2.14. The molecule has 3 aliphatic rings. The lowest BCUT2D eigenvalue weighted by Crippen LogP contribution is -2.46. The van der Waals surface area contributed by atoms with Crippen LogP contribution in [0.15, 0.2) is 53.5 Å². The maximum absolute atomic E-state index is 13.4. The highest BCUT2D eigenvalue weighted by molar-refractivity contribution is 6.23. The fourth-order valence-electron chi connectivity index (χ4n) is 6.40. The van der Waals surface area contributed by atoms with Crippen LogP contribution in [0.2, 0.25) is 0 Å². The Morgan fingerprint density at radius 2 is 1.80 bits per heavy atom. The van der Waals surface area contributed by atoms with Gasteiger partial charge in [-0.15, -0.1) is 0 Å². The van der Waals surface area contributed by atoms with Crippen molar-refractivity contribution in [2.45, 2.75) is 25.0 Å². The minimum Gasteiger partial charge on any atom is -0.491 e. The number of aromatic nitrogens is 3. The zero-order valence-corrected chi connectivity index (χ0v) is 25.6. The second-order valence-corrected chi connectivity index (χ2v) is 12.1. The first-order valence-electron chi connectivity index (χ1n) is 15.7. The third-order valence-electron chi connectivity index (χ3n) is 8.93. The van der Waals surface area contributed by atoms with Gasteiger partial charge in [-0.3, -0.25) is 19.3 Å². The minimum atomic E-state index is -0.873. The highest BCUT2D eigenvalue weighted by atomic mass is 16.5. The number of morpholine rings is 1. The molecule has 0 radical (unpaired) electrons. The van der Waals surface area contributed by atoms with Crippen molar-refractivity contribution in [3.05, 3.63) is 70.1 Å². The predicted molar refractivity (Wildman–Crippen MR) is 173 cm³/mol. The van der Waals surface area contributed by atoms with Crippen LogP contribution in [-0.4, -0.2) is 113 Å². The van der Waals surface area contributed by atoms with Gasteiger partial charge in [0, 0.05) is 43.6 Å². The number of rotatable bonds is 9. The summed E-state index contributed by atoms with van der Waals surface area (Å²) >= 11 is 0. The first-order valence-corrected chi connectivity index (χ1v) is 15.7. The fourth-order valence-corrected chi connectivity index (χ4v) is 6.40. The zero-order valence-electron chi connectivity index (χ0n) is 25.6. The Morgan fingerprint density at radius 1 is 1.04 bits per heavy atom. The highest BCUT2D eigenvalue weighted by Crippen LogP contribution is 2.33. The molecular formula is C33H37N7O6. The summed E-state index contributed by atoms with van der Waals surface area (Å²) in [5.74, 6) is 0.336. The van der Waals surface area contributed by atoms with Gasteiger partial charge in [0.2, 0.25) is 0 Å². The summed E-state index contributed by atoms with van der Waals surface area (Å²) in [5, 5.41) is 13.9. The predicted octanol–water partition coefficient (Wildman–Crippen LogP) is 2.30. The number of aliphatic hydroxyl groups is 1. The number of ether oxygens (including phenoxy) is 2. The van der Waals surface area contributed by atoms with Crippen LogP contribution < -0.4 is 20.5 Å². The van der Waals surface area contributed by atoms with Crippen molar-refractivity contribution in [3.8, 4) is 17.1 Å². The number of nitrogens with zero attached hydrogens (tertiary/aromatic N) is 4. The number of anilines is 2. The van der Waals surface area contributed by atoms with E-state index < -0.39 is 6.10 Å². The van der Waals surface area contributed by atoms with Gasteiger partial charge in [-0.2, -0.15) is 0 Å². The lowest BCUT2D eigenvalue weighted by Gasteiger charge is -2.33. The molecule has 13 nitrogen and oxygen atoms in total. The number of nitrogens with one attached hydrogen (secondary N) is 3. The van der Waals surface area contributed by atoms with Crippen molar-refractivity contribution in [3.63, 3.8) is 0 Å². The number of imidazole rings is 1. The number of H-pyrrole nitrogens is 2. The van der Waals surface area contributed by atoms with Gasteiger partial charge in [0.25, 0.3) is 17.4 Å². The summed E-state index contributed by atoms with van der Waals surface area (Å²) in [4.78, 5) is 56.0. The topological polar surface area (TPSA) is 156 Å². The molecule has 2 amide bonds. The molecule has 0 saturated carbocycles. The summed E-state index contributed by atoms with van der Waals surface area (Å²) in [6, 6.07) is 12.6. The summed E-state index contributed by atoms with van der Waals surface area (Å²) in [6.45, 7) is 4.83. The SMILES string of the molecule is CN1CCC(N2C(=O)c3cc4nc(-c5c(NC[C@@H](O)COc6cccc(N7CCOCC7)c6)cc[nH]c5=O)[nH]c4cc3C2=O)CC1. The van der Waals surface area contributed by atoms with E-state index in [9.17, 15) is 19.5 Å². The molecule has 3 aliphatic heterocycles. The highest BCUT2D eigenvalue weighted by Gasteiger charge is 2.41. The molecule has 4 N–H and O–H groups in total. The first kappa shape index (κ1) is 30.0. The van der Waals surface area contributed by atoms with Crippen LogP contribution >= 0.6 is 0 Å². The van der Waals surface area contributed by atoms with Crippen LogP contribution in [0, 0.1) is 0 Å². The van der Waals surface area contributed by atoms with Gasteiger partial charge < -0.3 is 39.7 Å². The second-order valence-electron chi connectivity index (χ2n) is 12.1. The number of hydrogen-bond donors (Lipinski definition) is 4. The molecule has 0 spiro atoms. The van der Waals surface area contributed by atoms with E-state index in [1.54, 1.807) is 18.2 Å². The third-order valence-corrected chi connectivity index (χ3v) is 8.93. The van der Waals surface area contributed by atoms with Crippen LogP contribution in [0.25, 0.3) is 22.4 Å². The Kier molecular flexibility index (Phi) is 8.20. The zero-order chi connectivity index (χ0) is 31.8. The number of hydrogen-bond acceptors (Lipinski definition) is 10. The molecule has 7 rings (SSSR count). The maximum Gasteiger partial charge on any atom is 0.261 e. The number of carbonyl (C=O) groups is 2. The van der Waals surface area contributed by atoms with E-state index in [2.05, 4.69) is 30.1 Å². The smallest absolute Gasteiger partial charge is 0.261 e. The molecule has 2 saturated heterocycles. The van der Waals surface area contributed by atoms with E-state index in [0.717, 1.165) is 44.7 Å². The van der Waals surface area contributed by atoms with E-state index in [4.69, 9.17) is 9.47 Å². The Balaban J connectivity index is 1.04. The van der Waals surface area contributed by atoms with Crippen molar-refractivity contribution < 1.29 is 24.2 Å². The van der Waals surface area contributed by atoms with Gasteiger partial charge in [-0.05, 0) is 63.3 Å². The molecule has 2 fully saturated rings. The number of pyridine rings is 1. The standard InChI is InChI=1S/C33H37N7O6/c1-38-9-6-20(7-10-38)40-32(43)24-16-27-28(17-25(24)33(40)44)37-30(36-27)29-26(5-8-34-31(29)42)35-18-22(41)19-46-23-4-2-3-21(15-23)39-11-13-45-14-12-39/h2-5,8,15-17,20,22,41H,6-7,9-14,18-19H2,1H3,(H,36,37)(H2,34,35,42)/t22-/m1/s1. The summed E-state index contributed by atoms with van der Waals surface area (Å²) in [5.41, 5.74) is 3.05. The number of carbonyl (C=O) groups excluding carboxylic acids is 2. The van der Waals surface area contributed by atoms with Gasteiger partial charge in [-0.1, -0.05) is 6.07 Å². The fraction of sp³-hybridized carbons (Fsp3) is 0.394. The number of aromatic amines is 2. The Morgan fingerprint density at radius 3 is 2.59 bits per heavy atom. The number of piperidine rings is 1. The lowest BCUT2D eigenvalue weighted by atomic mass is 10.0. The number of fused-ring (bicyclic) bond motifs is 2. The third kappa shape index (κ3) is 5.84. The van der Waals surface area contributed by atoms with E-state index in [1.165, 1.54) is 11.1 Å². The molecule has 0 unspecified atom stereocenters. The van der Waals surface area contributed by atoms with Crippen LogP contribution in [0.1, 0.15) is 33.6 Å². The van der Waals surface area contributed by atoms with Crippen LogP contribution in [-0.2, 0) is 4.74 Å². The van der Waals surface area contributed by atoms with E-state index in [0.29, 0.717) is 46.8 Å². The summed E-state index contributed by atoms with van der Waals surface area (Å²) < 4.78 is 11.3. The second kappa shape index (κ2) is 12.6. The molecule has 46 heavy (non-hydrogen) atoms. The van der Waals surface area contributed by atoms with E-state index in [1.807, 2.05) is 31.3 Å². The summed E-state index contributed by atoms with van der Waals surface area (Å²) in [7, 11) is 2.04. The van der Waals surface area contributed by atoms with Gasteiger partial charge in [0.15, 0.2) is 0 Å². The number of aliphatic hydroxyl groups excluding tert-OH is 1. The molecule has 0 bridgehead atoms. The molecule has 240 valence electrons. The number of amides is 2. The molecule has 1 atom stereocenters. The largest absolute Gasteiger partial charge is 0.491 e. The Hall–Kier alpha value is -4.72. The molecule has 13 heteroatoms. The lowest BCUT2D eigenvalue weighted by molar-refractivity contribution is 0.0516. The van der Waals surface area contributed by atoms with E-state index in [-0.39, 0.29) is 48.0 Å². The van der Waals surface area contributed by atoms with Crippen LogP contribution in [0.3, 0.4) is 0 Å². The van der Waals surface area contributed by atoms with Crippen molar-refractivity contribution in [2.24, 2.45) is 0 Å². The van der Waals surface area contributed by atoms with Crippen molar-refractivity contribution in [1.29, 1.82) is 0 Å². The molecule has 2 aromatic heterocycles. The quantitative estimate of drug-likeness (QED) is 0.203. The van der Waals surface area contributed by atoms with Gasteiger partial charge in [0.05, 0.1) is 41.1 Å². The Labute approximate surface area is 265 Å². The monoisotopic (exact) mass is 627 g/mol. The Bertz CT molecular complexity index is 1770. The van der Waals surface area contributed by atoms with Crippen LogP contribution in [0.5, 0.6) is 5.75 Å². The molecule has 4 aromatic rings. The number of benzene rings is 2. The molecule has 0 aliphatic carbocycles. The normalized spacial score (nSPS) is 18.3. The first-order chi connectivity index (χ1) is 22.4. The minimum absolute atomic E-state index is 0.0465. The molecular weight excluding hydrogens is 590 g/mol. The average molecular weight is 628 g/mol. The van der Waals surface area contributed by atoms with Crippen LogP contribution in [0.4, 0.5) is 11.4 Å². The number of likely N-dealkylation sites (tertiary alicyclic amines) is 1. The average Bonchev–Trinajstić information content (AvgIpc) is 3.59. The van der Waals surface area contributed by atoms with Crippen molar-refractivity contribution in [2.75, 3.05) is 69.8 Å². The van der Waals surface area contributed by atoms with Gasteiger partial charge >= 0.3 is 0 Å². The van der Waals surface area contributed by atoms with Gasteiger partial charge in [-0.25, -0.2) is 4.98 Å². The van der Waals surface area contributed by atoms with Crippen molar-refractivity contribution in [1.82, 2.24) is 24.8 Å². The number of imide groups is 1. The van der Waals surface area contributed by atoms with Gasteiger partial charge in [0.1, 0.15) is 29.8 Å². The molecule has 2 aromatic carbocycles.